The first-order valence-corrected chi connectivity index (χ1v) is 12.3. The molecule has 3 heterocycles. The predicted molar refractivity (Wildman–Crippen MR) is 117 cm³/mol. The summed E-state index contributed by atoms with van der Waals surface area (Å²) < 4.78 is 12.3. The number of hydrogen-bond acceptors (Lipinski definition) is 8. The molecule has 6 fully saturated rings. The van der Waals surface area contributed by atoms with Gasteiger partial charge in [-0.15, -0.1) is 0 Å². The Kier molecular flexibility index (Phi) is 3.98. The molecule has 0 unspecified atom stereocenters. The number of aromatic nitrogens is 1. The van der Waals surface area contributed by atoms with Crippen molar-refractivity contribution in [2.45, 2.75) is 94.3 Å². The number of ether oxygens (including phenoxy) is 2. The molecule has 188 valence electrons. The SMILES string of the molecule is CC(C)[C@@]1(O)[C@@H](OC(=O)c2ccc[nH]2)[C@@H]2[C@@]3(O)[C@]45O[C@](O)(C[C@@]2(C)[C@@]4(O)CC[C@@H](C)[C@H]5O)[C@]31C. The minimum Gasteiger partial charge on any atom is -0.454 e. The lowest BCUT2D eigenvalue weighted by Crippen LogP contribution is -2.75. The first-order valence-electron chi connectivity index (χ1n) is 12.3. The topological polar surface area (TPSA) is 152 Å². The van der Waals surface area contributed by atoms with Crippen LogP contribution in [0.2, 0.25) is 0 Å². The van der Waals surface area contributed by atoms with Gasteiger partial charge in [0.15, 0.2) is 11.4 Å². The minimum absolute atomic E-state index is 0.0750. The third-order valence-electron chi connectivity index (χ3n) is 11.1. The van der Waals surface area contributed by atoms with Crippen molar-refractivity contribution in [3.8, 4) is 0 Å². The summed E-state index contributed by atoms with van der Waals surface area (Å²) in [4.78, 5) is 15.9. The molecule has 0 radical (unpaired) electrons. The Hall–Kier alpha value is -1.49. The van der Waals surface area contributed by atoms with Crippen LogP contribution in [-0.4, -0.2) is 76.9 Å². The Morgan fingerprint density at radius 2 is 1.91 bits per heavy atom. The van der Waals surface area contributed by atoms with Crippen LogP contribution in [0.3, 0.4) is 0 Å². The monoisotopic (exact) mass is 477 g/mol. The zero-order valence-corrected chi connectivity index (χ0v) is 20.2. The van der Waals surface area contributed by atoms with E-state index in [1.165, 1.54) is 0 Å². The van der Waals surface area contributed by atoms with E-state index in [0.717, 1.165) is 0 Å². The van der Waals surface area contributed by atoms with Gasteiger partial charge in [0.05, 0.1) is 11.5 Å². The molecule has 1 aromatic rings. The van der Waals surface area contributed by atoms with Gasteiger partial charge in [-0.3, -0.25) is 0 Å². The molecule has 7 rings (SSSR count). The van der Waals surface area contributed by atoms with E-state index in [2.05, 4.69) is 4.98 Å². The van der Waals surface area contributed by atoms with Crippen LogP contribution in [0.15, 0.2) is 18.3 Å². The molecule has 6 bridgehead atoms. The smallest absolute Gasteiger partial charge is 0.355 e. The van der Waals surface area contributed by atoms with Crippen molar-refractivity contribution >= 4 is 5.97 Å². The lowest BCUT2D eigenvalue weighted by atomic mass is 9.54. The van der Waals surface area contributed by atoms with Gasteiger partial charge in [-0.2, -0.15) is 0 Å². The number of carbonyl (C=O) groups excluding carboxylic acids is 1. The Balaban J connectivity index is 1.64. The lowest BCUT2D eigenvalue weighted by molar-refractivity contribution is -0.385. The minimum atomic E-state index is -2.08. The second-order valence-corrected chi connectivity index (χ2v) is 12.3. The van der Waals surface area contributed by atoms with Crippen molar-refractivity contribution in [1.29, 1.82) is 0 Å². The number of H-pyrrole nitrogens is 1. The van der Waals surface area contributed by atoms with Gasteiger partial charge in [-0.05, 0) is 43.7 Å². The Labute approximate surface area is 198 Å². The molecular weight excluding hydrogens is 442 g/mol. The van der Waals surface area contributed by atoms with Crippen molar-refractivity contribution in [2.24, 2.45) is 28.6 Å². The van der Waals surface area contributed by atoms with Gasteiger partial charge < -0.3 is 40.0 Å². The second kappa shape index (κ2) is 5.90. The van der Waals surface area contributed by atoms with Crippen LogP contribution < -0.4 is 0 Å². The van der Waals surface area contributed by atoms with Crippen molar-refractivity contribution in [1.82, 2.24) is 4.98 Å². The van der Waals surface area contributed by atoms with Crippen LogP contribution in [-0.2, 0) is 9.47 Å². The number of aliphatic hydroxyl groups excluding tert-OH is 1. The van der Waals surface area contributed by atoms with Gasteiger partial charge in [0.2, 0.25) is 0 Å². The molecule has 2 aliphatic heterocycles. The molecule has 1 aromatic heterocycles. The Morgan fingerprint density at radius 3 is 2.50 bits per heavy atom. The second-order valence-electron chi connectivity index (χ2n) is 12.3. The molecule has 6 aliphatic rings. The van der Waals surface area contributed by atoms with Crippen LogP contribution in [0.5, 0.6) is 0 Å². The van der Waals surface area contributed by atoms with Gasteiger partial charge in [-0.1, -0.05) is 27.7 Å². The summed E-state index contributed by atoms with van der Waals surface area (Å²) in [6.07, 6.45) is -0.327. The van der Waals surface area contributed by atoms with E-state index < -0.39 is 69.0 Å². The van der Waals surface area contributed by atoms with Crippen LogP contribution in [0.25, 0.3) is 0 Å². The molecular formula is C25H35NO8. The van der Waals surface area contributed by atoms with Crippen molar-refractivity contribution in [2.75, 3.05) is 0 Å². The number of hydrogen-bond donors (Lipinski definition) is 6. The van der Waals surface area contributed by atoms with E-state index in [1.807, 2.05) is 6.92 Å². The standard InChI is InChI=1S/C25H35NO8/c1-12(2)23(31)17(33-18(28)14-7-6-10-26-14)15-19(4)11-22(30)20(23,5)24(15,32)25(34-22)16(27)13(3)8-9-21(19,25)29/h6-7,10,12-13,15-17,26-27,29-32H,8-9,11H2,1-5H3/t13-,15+,16-,17+,19-,20+,21+,22-,23-,24+,25-/m1/s1. The summed E-state index contributed by atoms with van der Waals surface area (Å²) in [6.45, 7) is 8.60. The molecule has 0 aromatic carbocycles. The molecule has 0 amide bonds. The van der Waals surface area contributed by atoms with Crippen molar-refractivity contribution in [3.63, 3.8) is 0 Å². The molecule has 4 aliphatic carbocycles. The maximum atomic E-state index is 13.1. The third-order valence-corrected chi connectivity index (χ3v) is 11.1. The highest BCUT2D eigenvalue weighted by Gasteiger charge is 3.05. The Morgan fingerprint density at radius 1 is 1.24 bits per heavy atom. The lowest BCUT2D eigenvalue weighted by Gasteiger charge is -2.60. The Bertz CT molecular complexity index is 1080. The summed E-state index contributed by atoms with van der Waals surface area (Å²) in [5.41, 5.74) is -10.5. The van der Waals surface area contributed by atoms with Gasteiger partial charge in [-0.25, -0.2) is 4.79 Å². The van der Waals surface area contributed by atoms with E-state index >= 15 is 0 Å². The summed E-state index contributed by atoms with van der Waals surface area (Å²) in [5.74, 6) is -4.68. The molecule has 34 heavy (non-hydrogen) atoms. The molecule has 6 N–H and O–H groups in total. The fourth-order valence-electron chi connectivity index (χ4n) is 9.57. The van der Waals surface area contributed by atoms with E-state index in [-0.39, 0.29) is 24.5 Å². The maximum Gasteiger partial charge on any atom is 0.355 e. The summed E-state index contributed by atoms with van der Waals surface area (Å²) in [7, 11) is 0. The van der Waals surface area contributed by atoms with Gasteiger partial charge >= 0.3 is 5.97 Å². The zero-order valence-electron chi connectivity index (χ0n) is 20.2. The van der Waals surface area contributed by atoms with Crippen molar-refractivity contribution in [3.05, 3.63) is 24.0 Å². The van der Waals surface area contributed by atoms with Crippen LogP contribution in [0.4, 0.5) is 0 Å². The van der Waals surface area contributed by atoms with E-state index in [4.69, 9.17) is 9.47 Å². The first-order chi connectivity index (χ1) is 15.6. The number of esters is 1. The van der Waals surface area contributed by atoms with Gasteiger partial charge in [0.25, 0.3) is 0 Å². The predicted octanol–water partition coefficient (Wildman–Crippen LogP) is 0.697. The highest BCUT2D eigenvalue weighted by molar-refractivity contribution is 5.87. The number of aliphatic hydroxyl groups is 5. The fourth-order valence-corrected chi connectivity index (χ4v) is 9.57. The van der Waals surface area contributed by atoms with E-state index in [9.17, 15) is 30.3 Å². The molecule has 2 saturated heterocycles. The third kappa shape index (κ3) is 1.74. The quantitative estimate of drug-likeness (QED) is 0.348. The van der Waals surface area contributed by atoms with Crippen molar-refractivity contribution < 1.29 is 39.8 Å². The number of nitrogens with one attached hydrogen (secondary N) is 1. The number of aromatic amines is 1. The first kappa shape index (κ1) is 22.9. The molecule has 11 atom stereocenters. The molecule has 9 heteroatoms. The number of rotatable bonds is 3. The van der Waals surface area contributed by atoms with Crippen LogP contribution in [0, 0.1) is 28.6 Å². The largest absolute Gasteiger partial charge is 0.454 e. The summed E-state index contributed by atoms with van der Waals surface area (Å²) in [5, 5.41) is 61.2. The molecule has 1 spiro atoms. The highest BCUT2D eigenvalue weighted by atomic mass is 16.7. The average Bonchev–Trinajstić information content (AvgIpc) is 3.39. The van der Waals surface area contributed by atoms with Gasteiger partial charge in [0, 0.05) is 24.0 Å². The average molecular weight is 478 g/mol. The van der Waals surface area contributed by atoms with E-state index in [1.54, 1.807) is 46.0 Å². The normalized spacial score (nSPS) is 59.0. The summed E-state index contributed by atoms with van der Waals surface area (Å²) >= 11 is 0. The highest BCUT2D eigenvalue weighted by Crippen LogP contribution is 2.89. The maximum absolute atomic E-state index is 13.1. The fraction of sp³-hybridized carbons (Fsp3) is 0.800. The van der Waals surface area contributed by atoms with Crippen LogP contribution in [0.1, 0.15) is 64.4 Å². The molecule has 9 nitrogen and oxygen atoms in total. The molecule has 4 saturated carbocycles. The van der Waals surface area contributed by atoms with E-state index in [0.29, 0.717) is 6.42 Å². The number of carbonyl (C=O) groups is 1. The van der Waals surface area contributed by atoms with Gasteiger partial charge in [0.1, 0.15) is 28.6 Å². The summed E-state index contributed by atoms with van der Waals surface area (Å²) in [6, 6.07) is 3.20. The van der Waals surface area contributed by atoms with Crippen LogP contribution >= 0.6 is 0 Å². The zero-order chi connectivity index (χ0) is 24.9.